The Bertz CT molecular complexity index is 767. The van der Waals surface area contributed by atoms with E-state index in [-0.39, 0.29) is 12.4 Å². The molecule has 0 atom stereocenters. The fourth-order valence-corrected chi connectivity index (χ4v) is 2.92. The van der Waals surface area contributed by atoms with E-state index >= 15 is 0 Å². The van der Waals surface area contributed by atoms with Crippen molar-refractivity contribution in [2.75, 3.05) is 38.4 Å². The van der Waals surface area contributed by atoms with Gasteiger partial charge in [-0.15, -0.1) is 0 Å². The molecule has 0 amide bonds. The Balaban J connectivity index is 1.95. The molecule has 0 unspecified atom stereocenters. The van der Waals surface area contributed by atoms with Crippen LogP contribution in [0.15, 0.2) is 42.5 Å². The van der Waals surface area contributed by atoms with E-state index in [9.17, 15) is 8.42 Å². The first-order chi connectivity index (χ1) is 12.0. The normalized spacial score (nSPS) is 10.8. The van der Waals surface area contributed by atoms with E-state index < -0.39 is 10.0 Å². The van der Waals surface area contributed by atoms with Crippen LogP contribution in [0.3, 0.4) is 0 Å². The van der Waals surface area contributed by atoms with Crippen LogP contribution in [0, 0.1) is 0 Å². The summed E-state index contributed by atoms with van der Waals surface area (Å²) in [5, 5.41) is 0. The molecule has 1 N–H and O–H groups in total. The number of nitrogens with one attached hydrogen (secondary N) is 1. The molecule has 0 spiro atoms. The highest BCUT2D eigenvalue weighted by Gasteiger charge is 2.13. The van der Waals surface area contributed by atoms with E-state index in [0.29, 0.717) is 28.7 Å². The maximum atomic E-state index is 12.2. The molecule has 0 saturated heterocycles. The van der Waals surface area contributed by atoms with Gasteiger partial charge in [-0.2, -0.15) is 0 Å². The molecule has 2 rings (SSSR count). The molecule has 2 aromatic carbocycles. The molecule has 0 saturated carbocycles. The molecule has 0 aromatic heterocycles. The topological polar surface area (TPSA) is 83.1 Å². The second-order valence-corrected chi connectivity index (χ2v) is 6.89. The summed E-state index contributed by atoms with van der Waals surface area (Å²) in [7, 11) is 0.984. The lowest BCUT2D eigenvalue weighted by Crippen LogP contribution is -2.21. The van der Waals surface area contributed by atoms with E-state index in [1.165, 1.54) is 14.2 Å². The minimum absolute atomic E-state index is 0.0166. The number of hydrogen-bond donors (Lipinski definition) is 1. The zero-order valence-electron chi connectivity index (χ0n) is 14.3. The van der Waals surface area contributed by atoms with Crippen LogP contribution in [0.2, 0.25) is 0 Å². The minimum atomic E-state index is -3.58. The van der Waals surface area contributed by atoms with Gasteiger partial charge in [0.1, 0.15) is 35.4 Å². The quantitative estimate of drug-likeness (QED) is 0.733. The van der Waals surface area contributed by atoms with Gasteiger partial charge in [0, 0.05) is 18.2 Å². The van der Waals surface area contributed by atoms with Gasteiger partial charge < -0.3 is 18.9 Å². The fraction of sp³-hybridized carbons (Fsp3) is 0.294. The number of methoxy groups -OCH3 is 3. The van der Waals surface area contributed by atoms with Crippen LogP contribution in [0.25, 0.3) is 0 Å². The first-order valence-corrected chi connectivity index (χ1v) is 9.11. The van der Waals surface area contributed by atoms with Crippen molar-refractivity contribution in [3.05, 3.63) is 42.5 Å². The molecule has 0 bridgehead atoms. The van der Waals surface area contributed by atoms with Crippen LogP contribution in [0.1, 0.15) is 0 Å². The molecule has 2 aromatic rings. The van der Waals surface area contributed by atoms with Crippen molar-refractivity contribution in [1.29, 1.82) is 0 Å². The van der Waals surface area contributed by atoms with E-state index in [0.717, 1.165) is 0 Å². The molecule has 0 heterocycles. The summed E-state index contributed by atoms with van der Waals surface area (Å²) in [6.45, 7) is 0.0166. The Labute approximate surface area is 147 Å². The van der Waals surface area contributed by atoms with Gasteiger partial charge in [0.15, 0.2) is 0 Å². The minimum Gasteiger partial charge on any atom is -0.497 e. The van der Waals surface area contributed by atoms with E-state index in [1.54, 1.807) is 49.6 Å². The SMILES string of the molecule is COc1ccc(OCCS(=O)(=O)Nc2cc(OC)cc(OC)c2)cc1. The van der Waals surface area contributed by atoms with Crippen LogP contribution in [-0.2, 0) is 10.0 Å². The first-order valence-electron chi connectivity index (χ1n) is 7.46. The molecule has 8 heteroatoms. The summed E-state index contributed by atoms with van der Waals surface area (Å²) in [5.74, 6) is 2.06. The average molecular weight is 367 g/mol. The predicted molar refractivity (Wildman–Crippen MR) is 95.4 cm³/mol. The van der Waals surface area contributed by atoms with Gasteiger partial charge in [0.2, 0.25) is 10.0 Å². The van der Waals surface area contributed by atoms with Gasteiger partial charge in [0.25, 0.3) is 0 Å². The zero-order valence-corrected chi connectivity index (χ0v) is 15.1. The van der Waals surface area contributed by atoms with Crippen molar-refractivity contribution in [1.82, 2.24) is 0 Å². The van der Waals surface area contributed by atoms with Crippen LogP contribution in [0.5, 0.6) is 23.0 Å². The van der Waals surface area contributed by atoms with E-state index in [2.05, 4.69) is 4.72 Å². The number of benzene rings is 2. The molecular weight excluding hydrogens is 346 g/mol. The Morgan fingerprint density at radius 1 is 0.800 bits per heavy atom. The smallest absolute Gasteiger partial charge is 0.236 e. The van der Waals surface area contributed by atoms with Gasteiger partial charge in [0.05, 0.1) is 27.0 Å². The molecule has 136 valence electrons. The van der Waals surface area contributed by atoms with Gasteiger partial charge in [-0.05, 0) is 24.3 Å². The Kier molecular flexibility index (Phi) is 6.35. The number of hydrogen-bond acceptors (Lipinski definition) is 6. The molecule has 25 heavy (non-hydrogen) atoms. The number of rotatable bonds is 9. The van der Waals surface area contributed by atoms with Gasteiger partial charge in [-0.25, -0.2) is 8.42 Å². The number of ether oxygens (including phenoxy) is 4. The molecule has 0 aliphatic carbocycles. The van der Waals surface area contributed by atoms with E-state index in [1.807, 2.05) is 0 Å². The average Bonchev–Trinajstić information content (AvgIpc) is 2.61. The van der Waals surface area contributed by atoms with Crippen LogP contribution < -0.4 is 23.7 Å². The lowest BCUT2D eigenvalue weighted by molar-refractivity contribution is 0.340. The lowest BCUT2D eigenvalue weighted by atomic mass is 10.3. The predicted octanol–water partition coefficient (Wildman–Crippen LogP) is 2.53. The Morgan fingerprint density at radius 2 is 1.32 bits per heavy atom. The van der Waals surface area contributed by atoms with Gasteiger partial charge >= 0.3 is 0 Å². The standard InChI is InChI=1S/C17H21NO6S/c1-21-14-4-6-15(7-5-14)24-8-9-25(19,20)18-13-10-16(22-2)12-17(11-13)23-3/h4-7,10-12,18H,8-9H2,1-3H3. The summed E-state index contributed by atoms with van der Waals surface area (Å²) in [4.78, 5) is 0. The summed E-state index contributed by atoms with van der Waals surface area (Å²) in [6.07, 6.45) is 0. The number of anilines is 1. The molecule has 0 radical (unpaired) electrons. The third kappa shape index (κ3) is 5.75. The monoisotopic (exact) mass is 367 g/mol. The lowest BCUT2D eigenvalue weighted by Gasteiger charge is -2.12. The molecule has 0 fully saturated rings. The van der Waals surface area contributed by atoms with Crippen molar-refractivity contribution < 1.29 is 27.4 Å². The van der Waals surface area contributed by atoms with Crippen molar-refractivity contribution >= 4 is 15.7 Å². The summed E-state index contributed by atoms with van der Waals surface area (Å²) in [5.41, 5.74) is 0.362. The Hall–Kier alpha value is -2.61. The molecule has 0 aliphatic rings. The summed E-state index contributed by atoms with van der Waals surface area (Å²) in [6, 6.07) is 11.7. The summed E-state index contributed by atoms with van der Waals surface area (Å²) < 4.78 is 47.6. The Morgan fingerprint density at radius 3 is 1.84 bits per heavy atom. The highest BCUT2D eigenvalue weighted by molar-refractivity contribution is 7.92. The molecular formula is C17H21NO6S. The first kappa shape index (κ1) is 18.7. The third-order valence-corrected chi connectivity index (χ3v) is 4.56. The van der Waals surface area contributed by atoms with Crippen molar-refractivity contribution in [2.45, 2.75) is 0 Å². The molecule has 7 nitrogen and oxygen atoms in total. The van der Waals surface area contributed by atoms with Crippen LogP contribution in [-0.4, -0.2) is 42.1 Å². The highest BCUT2D eigenvalue weighted by Crippen LogP contribution is 2.26. The van der Waals surface area contributed by atoms with Gasteiger partial charge in [-0.3, -0.25) is 4.72 Å². The van der Waals surface area contributed by atoms with Crippen molar-refractivity contribution in [3.8, 4) is 23.0 Å². The maximum absolute atomic E-state index is 12.2. The van der Waals surface area contributed by atoms with Crippen molar-refractivity contribution in [2.24, 2.45) is 0 Å². The largest absolute Gasteiger partial charge is 0.497 e. The maximum Gasteiger partial charge on any atom is 0.236 e. The van der Waals surface area contributed by atoms with Crippen LogP contribution >= 0.6 is 0 Å². The highest BCUT2D eigenvalue weighted by atomic mass is 32.2. The van der Waals surface area contributed by atoms with Gasteiger partial charge in [-0.1, -0.05) is 0 Å². The molecule has 0 aliphatic heterocycles. The van der Waals surface area contributed by atoms with Crippen LogP contribution in [0.4, 0.5) is 5.69 Å². The zero-order chi connectivity index (χ0) is 18.3. The van der Waals surface area contributed by atoms with Crippen molar-refractivity contribution in [3.63, 3.8) is 0 Å². The number of sulfonamides is 1. The van der Waals surface area contributed by atoms with E-state index in [4.69, 9.17) is 18.9 Å². The second-order valence-electron chi connectivity index (χ2n) is 5.05. The fourth-order valence-electron chi connectivity index (χ4n) is 2.04. The second kappa shape index (κ2) is 8.48. The third-order valence-electron chi connectivity index (χ3n) is 3.31. The summed E-state index contributed by atoms with van der Waals surface area (Å²) >= 11 is 0.